The van der Waals surface area contributed by atoms with E-state index in [1.165, 1.54) is 11.0 Å². The fourth-order valence-corrected chi connectivity index (χ4v) is 3.24. The molecule has 1 amide bonds. The second-order valence-corrected chi connectivity index (χ2v) is 7.00. The van der Waals surface area contributed by atoms with Crippen molar-refractivity contribution in [3.8, 4) is 0 Å². The Morgan fingerprint density at radius 3 is 2.74 bits per heavy atom. The number of hydrogen-bond donors (Lipinski definition) is 2. The molecule has 0 bridgehead atoms. The lowest BCUT2D eigenvalue weighted by Crippen LogP contribution is -2.35. The molecule has 0 radical (unpaired) electrons. The number of nitrogens with one attached hydrogen (secondary N) is 1. The van der Waals surface area contributed by atoms with E-state index in [1.807, 2.05) is 0 Å². The van der Waals surface area contributed by atoms with Crippen LogP contribution < -0.4 is 5.56 Å². The number of likely N-dealkylation sites (tertiary alicyclic amines) is 1. The molecule has 0 aliphatic carbocycles. The van der Waals surface area contributed by atoms with Gasteiger partial charge < -0.3 is 15.0 Å². The molecule has 2 aromatic rings. The van der Waals surface area contributed by atoms with Crippen LogP contribution in [-0.2, 0) is 4.79 Å². The van der Waals surface area contributed by atoms with E-state index in [0.29, 0.717) is 29.4 Å². The molecule has 2 heterocycles. The van der Waals surface area contributed by atoms with Crippen molar-refractivity contribution in [2.24, 2.45) is 5.41 Å². The lowest BCUT2D eigenvalue weighted by Gasteiger charge is -2.20. The van der Waals surface area contributed by atoms with Crippen LogP contribution >= 0.6 is 15.9 Å². The molecule has 1 atom stereocenters. The van der Waals surface area contributed by atoms with Gasteiger partial charge in [0, 0.05) is 34.5 Å². The largest absolute Gasteiger partial charge is 0.481 e. The van der Waals surface area contributed by atoms with Crippen molar-refractivity contribution in [3.63, 3.8) is 0 Å². The minimum absolute atomic E-state index is 0.142. The first-order chi connectivity index (χ1) is 10.8. The molecule has 1 aromatic heterocycles. The molecular weight excluding hydrogens is 364 g/mol. The molecule has 120 valence electrons. The highest BCUT2D eigenvalue weighted by molar-refractivity contribution is 9.10. The number of halogens is 1. The van der Waals surface area contributed by atoms with E-state index in [2.05, 4.69) is 20.9 Å². The molecule has 1 aliphatic rings. The maximum absolute atomic E-state index is 12.8. The van der Waals surface area contributed by atoms with Crippen LogP contribution in [0.15, 0.2) is 33.5 Å². The number of carbonyl (C=O) groups is 2. The van der Waals surface area contributed by atoms with E-state index >= 15 is 0 Å². The number of carbonyl (C=O) groups excluding carboxylic acids is 1. The molecule has 7 heteroatoms. The van der Waals surface area contributed by atoms with Gasteiger partial charge >= 0.3 is 5.97 Å². The topological polar surface area (TPSA) is 90.5 Å². The molecule has 1 aliphatic heterocycles. The zero-order valence-electron chi connectivity index (χ0n) is 12.4. The molecule has 3 rings (SSSR count). The third-order valence-corrected chi connectivity index (χ3v) is 4.81. The van der Waals surface area contributed by atoms with Crippen LogP contribution in [0.5, 0.6) is 0 Å². The predicted octanol–water partition coefficient (Wildman–Crippen LogP) is 2.23. The van der Waals surface area contributed by atoms with Crippen molar-refractivity contribution >= 4 is 38.7 Å². The minimum atomic E-state index is -0.937. The summed E-state index contributed by atoms with van der Waals surface area (Å²) < 4.78 is 0.794. The highest BCUT2D eigenvalue weighted by Crippen LogP contribution is 2.32. The number of hydrogen-bond acceptors (Lipinski definition) is 3. The summed E-state index contributed by atoms with van der Waals surface area (Å²) >= 11 is 3.36. The van der Waals surface area contributed by atoms with Gasteiger partial charge in [-0.05, 0) is 31.5 Å². The van der Waals surface area contributed by atoms with Gasteiger partial charge in [0.2, 0.25) is 5.56 Å². The molecule has 1 aromatic carbocycles. The average molecular weight is 379 g/mol. The Bertz CT molecular complexity index is 876. The number of benzene rings is 1. The molecule has 0 spiro atoms. The van der Waals surface area contributed by atoms with E-state index in [4.69, 9.17) is 0 Å². The maximum atomic E-state index is 12.8. The summed E-state index contributed by atoms with van der Waals surface area (Å²) in [6.07, 6.45) is 0.402. The minimum Gasteiger partial charge on any atom is -0.481 e. The molecule has 23 heavy (non-hydrogen) atoms. The number of carboxylic acid groups (broad SMARTS) is 1. The van der Waals surface area contributed by atoms with E-state index < -0.39 is 11.4 Å². The lowest BCUT2D eigenvalue weighted by atomic mass is 9.90. The average Bonchev–Trinajstić information content (AvgIpc) is 2.90. The van der Waals surface area contributed by atoms with Crippen molar-refractivity contribution in [2.45, 2.75) is 13.3 Å². The number of pyridine rings is 1. The van der Waals surface area contributed by atoms with Crippen LogP contribution in [-0.4, -0.2) is 40.0 Å². The number of nitrogens with zero attached hydrogens (tertiary/aromatic N) is 1. The van der Waals surface area contributed by atoms with Crippen molar-refractivity contribution in [2.75, 3.05) is 13.1 Å². The third kappa shape index (κ3) is 2.76. The second kappa shape index (κ2) is 5.49. The van der Waals surface area contributed by atoms with Gasteiger partial charge in [-0.15, -0.1) is 0 Å². The summed E-state index contributed by atoms with van der Waals surface area (Å²) in [6.45, 7) is 2.14. The quantitative estimate of drug-likeness (QED) is 0.837. The number of aromatic nitrogens is 1. The van der Waals surface area contributed by atoms with Crippen LogP contribution in [0, 0.1) is 5.41 Å². The van der Waals surface area contributed by atoms with E-state index in [9.17, 15) is 19.5 Å². The molecule has 1 saturated heterocycles. The first-order valence-corrected chi connectivity index (χ1v) is 7.95. The van der Waals surface area contributed by atoms with Gasteiger partial charge in [-0.25, -0.2) is 0 Å². The van der Waals surface area contributed by atoms with Crippen LogP contribution in [0.4, 0.5) is 0 Å². The fourth-order valence-electron chi connectivity index (χ4n) is 2.88. The Balaban J connectivity index is 2.04. The monoisotopic (exact) mass is 378 g/mol. The van der Waals surface area contributed by atoms with Crippen molar-refractivity contribution in [3.05, 3.63) is 44.7 Å². The number of carboxylic acids is 1. The van der Waals surface area contributed by atoms with Crippen LogP contribution in [0.1, 0.15) is 23.7 Å². The van der Waals surface area contributed by atoms with Gasteiger partial charge in [-0.2, -0.15) is 0 Å². The number of fused-ring (bicyclic) bond motifs is 1. The smallest absolute Gasteiger partial charge is 0.311 e. The highest BCUT2D eigenvalue weighted by Gasteiger charge is 2.42. The Morgan fingerprint density at radius 1 is 1.35 bits per heavy atom. The number of amides is 1. The van der Waals surface area contributed by atoms with Crippen molar-refractivity contribution < 1.29 is 14.7 Å². The fraction of sp³-hybridized carbons (Fsp3) is 0.312. The van der Waals surface area contributed by atoms with Gasteiger partial charge in [-0.1, -0.05) is 15.9 Å². The van der Waals surface area contributed by atoms with Gasteiger partial charge in [0.25, 0.3) is 5.91 Å². The Morgan fingerprint density at radius 2 is 2.09 bits per heavy atom. The van der Waals surface area contributed by atoms with E-state index in [1.54, 1.807) is 25.1 Å². The van der Waals surface area contributed by atoms with Crippen molar-refractivity contribution in [1.29, 1.82) is 0 Å². The SMILES string of the molecule is CC1(C(=O)O)CCN(C(=O)c2cc(=O)[nH]c3ccc(Br)cc23)C1. The molecule has 2 N–H and O–H groups in total. The first-order valence-electron chi connectivity index (χ1n) is 7.15. The standard InChI is InChI=1S/C16H15BrN2O4/c1-16(15(22)23)4-5-19(8-16)14(21)11-7-13(20)18-12-3-2-9(17)6-10(11)12/h2-3,6-7H,4-5,8H2,1H3,(H,18,20)(H,22,23). The van der Waals surface area contributed by atoms with Crippen LogP contribution in [0.25, 0.3) is 10.9 Å². The Hall–Kier alpha value is -2.15. The van der Waals surface area contributed by atoms with Gasteiger partial charge in [0.15, 0.2) is 0 Å². The van der Waals surface area contributed by atoms with Crippen LogP contribution in [0.3, 0.4) is 0 Å². The molecule has 6 nitrogen and oxygen atoms in total. The highest BCUT2D eigenvalue weighted by atomic mass is 79.9. The summed E-state index contributed by atoms with van der Waals surface area (Å²) in [5.41, 5.74) is -0.430. The molecule has 0 saturated carbocycles. The number of H-pyrrole nitrogens is 1. The molecular formula is C16H15BrN2O4. The number of aliphatic carboxylic acids is 1. The normalized spacial score (nSPS) is 20.9. The second-order valence-electron chi connectivity index (χ2n) is 6.08. The van der Waals surface area contributed by atoms with Gasteiger partial charge in [-0.3, -0.25) is 14.4 Å². The van der Waals surface area contributed by atoms with Gasteiger partial charge in [0.1, 0.15) is 0 Å². The lowest BCUT2D eigenvalue weighted by molar-refractivity contribution is -0.147. The maximum Gasteiger partial charge on any atom is 0.311 e. The van der Waals surface area contributed by atoms with Crippen LogP contribution in [0.2, 0.25) is 0 Å². The van der Waals surface area contributed by atoms with E-state index in [0.717, 1.165) is 4.47 Å². The van der Waals surface area contributed by atoms with Crippen molar-refractivity contribution in [1.82, 2.24) is 9.88 Å². The number of aromatic amines is 1. The molecule has 1 fully saturated rings. The zero-order chi connectivity index (χ0) is 16.8. The third-order valence-electron chi connectivity index (χ3n) is 4.31. The summed E-state index contributed by atoms with van der Waals surface area (Å²) in [4.78, 5) is 40.2. The summed E-state index contributed by atoms with van der Waals surface area (Å²) in [5.74, 6) is -1.23. The number of rotatable bonds is 2. The summed E-state index contributed by atoms with van der Waals surface area (Å²) in [7, 11) is 0. The summed E-state index contributed by atoms with van der Waals surface area (Å²) in [6, 6.07) is 6.55. The Kier molecular flexibility index (Phi) is 3.75. The predicted molar refractivity (Wildman–Crippen MR) is 88.5 cm³/mol. The zero-order valence-corrected chi connectivity index (χ0v) is 14.0. The van der Waals surface area contributed by atoms with Gasteiger partial charge in [0.05, 0.1) is 11.0 Å². The first kappa shape index (κ1) is 15.7. The van der Waals surface area contributed by atoms with E-state index in [-0.39, 0.29) is 18.0 Å². The molecule has 1 unspecified atom stereocenters. The Labute approximate surface area is 140 Å². The summed E-state index contributed by atoms with van der Waals surface area (Å²) in [5, 5.41) is 9.93.